The zero-order valence-corrected chi connectivity index (χ0v) is 30.1. The topological polar surface area (TPSA) is 87.5 Å². The number of methoxy groups -OCH3 is 1. The van der Waals surface area contributed by atoms with Gasteiger partial charge < -0.3 is 28.9 Å². The van der Waals surface area contributed by atoms with Crippen LogP contribution in [0.5, 0.6) is 11.5 Å². The van der Waals surface area contributed by atoms with Gasteiger partial charge in [-0.1, -0.05) is 48.0 Å². The van der Waals surface area contributed by atoms with Crippen LogP contribution in [-0.4, -0.2) is 79.8 Å². The summed E-state index contributed by atoms with van der Waals surface area (Å²) in [4.78, 5) is 32.3. The van der Waals surface area contributed by atoms with E-state index in [2.05, 4.69) is 58.9 Å². The number of ketones is 1. The number of ether oxygens (including phenoxy) is 2. The van der Waals surface area contributed by atoms with Crippen molar-refractivity contribution in [2.24, 2.45) is 0 Å². The zero-order valence-electron chi connectivity index (χ0n) is 30.1. The highest BCUT2D eigenvalue weighted by molar-refractivity contribution is 6.16. The number of hydrogen-bond acceptors (Lipinski definition) is 7. The van der Waals surface area contributed by atoms with Crippen LogP contribution in [0.4, 0.5) is 17.1 Å². The Morgan fingerprint density at radius 2 is 1.57 bits per heavy atom. The second-order valence-electron chi connectivity index (χ2n) is 13.3. The number of carboxylic acids is 1. The van der Waals surface area contributed by atoms with Gasteiger partial charge >= 0.3 is 5.97 Å². The molecule has 9 nitrogen and oxygen atoms in total. The minimum absolute atomic E-state index is 0.0744. The van der Waals surface area contributed by atoms with E-state index in [1.807, 2.05) is 72.4 Å². The van der Waals surface area contributed by atoms with Crippen molar-refractivity contribution in [3.8, 4) is 11.5 Å². The number of benzene rings is 4. The van der Waals surface area contributed by atoms with Crippen molar-refractivity contribution in [2.45, 2.75) is 39.7 Å². The number of carbonyl (C=O) groups is 2. The number of carbonyl (C=O) groups excluding carboxylic acids is 1. The van der Waals surface area contributed by atoms with E-state index in [0.29, 0.717) is 36.4 Å². The number of rotatable bonds is 15. The number of nitrogens with zero attached hydrogens (tertiary/aromatic N) is 4. The van der Waals surface area contributed by atoms with Gasteiger partial charge in [-0.05, 0) is 74.7 Å². The largest absolute Gasteiger partial charge is 0.495 e. The number of aliphatic carboxylic acids is 1. The van der Waals surface area contributed by atoms with E-state index < -0.39 is 5.97 Å². The minimum atomic E-state index is -0.826. The van der Waals surface area contributed by atoms with Crippen molar-refractivity contribution < 1.29 is 24.2 Å². The highest BCUT2D eigenvalue weighted by Crippen LogP contribution is 2.37. The van der Waals surface area contributed by atoms with Crippen LogP contribution < -0.4 is 19.3 Å². The van der Waals surface area contributed by atoms with Gasteiger partial charge in [0.15, 0.2) is 5.78 Å². The van der Waals surface area contributed by atoms with Crippen LogP contribution in [0.25, 0.3) is 10.9 Å². The highest BCUT2D eigenvalue weighted by atomic mass is 16.5. The molecule has 2 heterocycles. The van der Waals surface area contributed by atoms with Gasteiger partial charge in [-0.25, -0.2) is 0 Å². The van der Waals surface area contributed by atoms with Crippen molar-refractivity contribution in [3.63, 3.8) is 0 Å². The molecule has 0 unspecified atom stereocenters. The summed E-state index contributed by atoms with van der Waals surface area (Å²) in [6, 6.07) is 28.1. The number of hydrogen-bond donors (Lipinski definition) is 1. The molecule has 1 N–H and O–H groups in total. The molecule has 1 aromatic heterocycles. The van der Waals surface area contributed by atoms with Crippen LogP contribution in [0.2, 0.25) is 0 Å². The predicted molar refractivity (Wildman–Crippen MR) is 204 cm³/mol. The highest BCUT2D eigenvalue weighted by Gasteiger charge is 2.22. The Kier molecular flexibility index (Phi) is 11.3. The average molecular weight is 689 g/mol. The van der Waals surface area contributed by atoms with Crippen LogP contribution in [0.3, 0.4) is 0 Å². The second kappa shape index (κ2) is 16.2. The van der Waals surface area contributed by atoms with Crippen LogP contribution in [0.15, 0.2) is 91.1 Å². The number of aromatic nitrogens is 1. The fourth-order valence-electron chi connectivity index (χ4n) is 7.10. The molecular formula is C42H48N4O5. The van der Waals surface area contributed by atoms with Gasteiger partial charge in [0.25, 0.3) is 0 Å². The number of anilines is 3. The van der Waals surface area contributed by atoms with Crippen molar-refractivity contribution in [1.29, 1.82) is 0 Å². The molecule has 0 atom stereocenters. The van der Waals surface area contributed by atoms with E-state index in [1.54, 1.807) is 7.11 Å². The van der Waals surface area contributed by atoms with Crippen LogP contribution >= 0.6 is 0 Å². The van der Waals surface area contributed by atoms with Crippen LogP contribution in [0.1, 0.15) is 46.3 Å². The Morgan fingerprint density at radius 1 is 0.824 bits per heavy atom. The molecule has 0 aliphatic carbocycles. The summed E-state index contributed by atoms with van der Waals surface area (Å²) in [7, 11) is 3.76. The van der Waals surface area contributed by atoms with E-state index in [4.69, 9.17) is 14.6 Å². The van der Waals surface area contributed by atoms with Gasteiger partial charge in [0.05, 0.1) is 25.1 Å². The number of piperazine rings is 1. The van der Waals surface area contributed by atoms with Crippen molar-refractivity contribution in [3.05, 3.63) is 113 Å². The summed E-state index contributed by atoms with van der Waals surface area (Å²) in [6.07, 6.45) is 3.27. The van der Waals surface area contributed by atoms with Crippen molar-refractivity contribution in [1.82, 2.24) is 9.47 Å². The minimum Gasteiger partial charge on any atom is -0.495 e. The van der Waals surface area contributed by atoms with E-state index in [1.165, 1.54) is 5.56 Å². The van der Waals surface area contributed by atoms with Crippen LogP contribution in [0, 0.1) is 13.8 Å². The summed E-state index contributed by atoms with van der Waals surface area (Å²) < 4.78 is 14.1. The Bertz CT molecular complexity index is 1990. The van der Waals surface area contributed by atoms with E-state index >= 15 is 0 Å². The fourth-order valence-corrected chi connectivity index (χ4v) is 7.10. The number of fused-ring (bicyclic) bond motifs is 1. The molecule has 6 rings (SSSR count). The maximum absolute atomic E-state index is 14.2. The maximum atomic E-state index is 14.2. The molecule has 0 amide bonds. The molecule has 5 aromatic rings. The monoisotopic (exact) mass is 688 g/mol. The molecule has 0 spiro atoms. The summed E-state index contributed by atoms with van der Waals surface area (Å²) in [5, 5.41) is 10.0. The molecule has 9 heteroatoms. The molecule has 1 saturated heterocycles. The lowest BCUT2D eigenvalue weighted by Crippen LogP contribution is -2.46. The Hall–Kier alpha value is -5.28. The Morgan fingerprint density at radius 3 is 2.33 bits per heavy atom. The quantitative estimate of drug-likeness (QED) is 0.0884. The predicted octanol–water partition coefficient (Wildman–Crippen LogP) is 7.72. The third-order valence-corrected chi connectivity index (χ3v) is 9.79. The zero-order chi connectivity index (χ0) is 35.9. The van der Waals surface area contributed by atoms with E-state index in [-0.39, 0.29) is 12.2 Å². The van der Waals surface area contributed by atoms with Gasteiger partial charge in [-0.15, -0.1) is 0 Å². The molecular weight excluding hydrogens is 640 g/mol. The molecule has 0 saturated carbocycles. The smallest absolute Gasteiger partial charge is 0.303 e. The third-order valence-electron chi connectivity index (χ3n) is 9.79. The Labute approximate surface area is 300 Å². The number of carboxylic acid groups (broad SMARTS) is 1. The lowest BCUT2D eigenvalue weighted by Gasteiger charge is -2.36. The first-order valence-corrected chi connectivity index (χ1v) is 17.8. The molecule has 4 aromatic carbocycles. The molecule has 1 aliphatic rings. The SMILES string of the molecule is COc1ccccc1N1CCN(CCCOc2cc(C(=O)c3cn(CCCC(=O)O)c4ccccc34)ccc2N(C)c2ccc(C)cc2C)CC1. The standard InChI is InChI=1S/C42H48N4O5/c1-30-16-18-35(31(2)27-30)43(3)37-19-17-32(42(49)34-29-46(21-9-15-41(47)48)36-12-6-5-11-33(34)36)28-40(37)51-26-10-20-44-22-24-45(25-23-44)38-13-7-8-14-39(38)50-4/h5-8,11-14,16-19,27-29H,9-10,15,20-26H2,1-4H3,(H,47,48). The van der Waals surface area contributed by atoms with E-state index in [0.717, 1.165) is 78.4 Å². The van der Waals surface area contributed by atoms with Gasteiger partial charge in [-0.2, -0.15) is 0 Å². The lowest BCUT2D eigenvalue weighted by atomic mass is 10.0. The second-order valence-corrected chi connectivity index (χ2v) is 13.3. The number of para-hydroxylation sites is 3. The fraction of sp³-hybridized carbons (Fsp3) is 0.333. The third kappa shape index (κ3) is 8.21. The van der Waals surface area contributed by atoms with Gasteiger partial charge in [0.2, 0.25) is 0 Å². The van der Waals surface area contributed by atoms with E-state index in [9.17, 15) is 9.59 Å². The summed E-state index contributed by atoms with van der Waals surface area (Å²) in [6.45, 7) is 9.95. The maximum Gasteiger partial charge on any atom is 0.303 e. The summed E-state index contributed by atoms with van der Waals surface area (Å²) in [5.74, 6) is 0.646. The van der Waals surface area contributed by atoms with Gasteiger partial charge in [0, 0.05) is 86.7 Å². The van der Waals surface area contributed by atoms with Crippen LogP contribution in [-0.2, 0) is 11.3 Å². The lowest BCUT2D eigenvalue weighted by molar-refractivity contribution is -0.137. The molecule has 266 valence electrons. The summed E-state index contributed by atoms with van der Waals surface area (Å²) >= 11 is 0. The van der Waals surface area contributed by atoms with Crippen molar-refractivity contribution >= 4 is 39.7 Å². The molecule has 1 aliphatic heterocycles. The first kappa shape index (κ1) is 35.5. The Balaban J connectivity index is 1.19. The molecule has 51 heavy (non-hydrogen) atoms. The molecule has 0 radical (unpaired) electrons. The van der Waals surface area contributed by atoms with Gasteiger partial charge in [-0.3, -0.25) is 14.5 Å². The van der Waals surface area contributed by atoms with Crippen molar-refractivity contribution in [2.75, 3.05) is 63.3 Å². The first-order valence-electron chi connectivity index (χ1n) is 17.8. The normalized spacial score (nSPS) is 13.4. The number of aryl methyl sites for hydroxylation is 3. The molecule has 1 fully saturated rings. The average Bonchev–Trinajstić information content (AvgIpc) is 3.51. The first-order chi connectivity index (χ1) is 24.7. The summed E-state index contributed by atoms with van der Waals surface area (Å²) in [5.41, 5.74) is 7.51. The molecule has 0 bridgehead atoms. The van der Waals surface area contributed by atoms with Gasteiger partial charge in [0.1, 0.15) is 11.5 Å².